The number of benzene rings is 1. The highest BCUT2D eigenvalue weighted by atomic mass is 32.2. The second kappa shape index (κ2) is 6.55. The molecule has 0 spiro atoms. The highest BCUT2D eigenvalue weighted by molar-refractivity contribution is 8.00. The number of hydrogen-bond acceptors (Lipinski definition) is 6. The van der Waals surface area contributed by atoms with Gasteiger partial charge in [0.25, 0.3) is 0 Å². The predicted molar refractivity (Wildman–Crippen MR) is 94.9 cm³/mol. The lowest BCUT2D eigenvalue weighted by atomic mass is 10.0. The molecule has 25 heavy (non-hydrogen) atoms. The maximum Gasteiger partial charge on any atom is 0.228 e. The third kappa shape index (κ3) is 3.28. The second-order valence-electron chi connectivity index (χ2n) is 6.42. The third-order valence-corrected chi connectivity index (χ3v) is 5.51. The largest absolute Gasteiger partial charge is 0.326 e. The lowest BCUT2D eigenvalue weighted by molar-refractivity contribution is -0.115. The van der Waals surface area contributed by atoms with Crippen LogP contribution in [0.4, 0.5) is 5.69 Å². The zero-order valence-corrected chi connectivity index (χ0v) is 14.7. The Labute approximate surface area is 149 Å². The van der Waals surface area contributed by atoms with Crippen molar-refractivity contribution < 1.29 is 9.59 Å². The number of aromatic nitrogens is 3. The van der Waals surface area contributed by atoms with Gasteiger partial charge in [0.15, 0.2) is 5.78 Å². The van der Waals surface area contributed by atoms with Crippen LogP contribution in [0.15, 0.2) is 23.4 Å². The zero-order valence-electron chi connectivity index (χ0n) is 13.9. The fourth-order valence-electron chi connectivity index (χ4n) is 3.22. The fraction of sp³-hybridized carbons (Fsp3) is 0.389. The first-order chi connectivity index (χ1) is 12.1. The minimum Gasteiger partial charge on any atom is -0.326 e. The van der Waals surface area contributed by atoms with Crippen LogP contribution in [0.3, 0.4) is 0 Å². The molecule has 1 atom stereocenters. The number of ketones is 1. The quantitative estimate of drug-likeness (QED) is 0.671. The molecule has 1 aromatic carbocycles. The summed E-state index contributed by atoms with van der Waals surface area (Å²) in [5, 5.41) is 11.5. The van der Waals surface area contributed by atoms with Gasteiger partial charge in [-0.25, -0.2) is 4.98 Å². The zero-order chi connectivity index (χ0) is 17.4. The first kappa shape index (κ1) is 16.2. The number of carbonyl (C=O) groups is 2. The van der Waals surface area contributed by atoms with Crippen LogP contribution in [-0.4, -0.2) is 32.1 Å². The van der Waals surface area contributed by atoms with Crippen LogP contribution in [0.1, 0.15) is 47.1 Å². The number of hydrogen-bond donors (Lipinski definition) is 1. The van der Waals surface area contributed by atoms with Gasteiger partial charge in [0, 0.05) is 11.3 Å². The summed E-state index contributed by atoms with van der Waals surface area (Å²) in [5.74, 6) is -0.0241. The predicted octanol–water partition coefficient (Wildman–Crippen LogP) is 2.61. The Morgan fingerprint density at radius 2 is 2.00 bits per heavy atom. The van der Waals surface area contributed by atoms with Gasteiger partial charge < -0.3 is 5.32 Å². The van der Waals surface area contributed by atoms with Crippen molar-refractivity contribution in [2.75, 3.05) is 5.32 Å². The number of carbonyl (C=O) groups excluding carboxylic acids is 2. The first-order valence-corrected chi connectivity index (χ1v) is 9.34. The topological polar surface area (TPSA) is 84.8 Å². The summed E-state index contributed by atoms with van der Waals surface area (Å²) < 4.78 is 0. The van der Waals surface area contributed by atoms with Gasteiger partial charge >= 0.3 is 0 Å². The average Bonchev–Trinajstić information content (AvgIpc) is 3.00. The van der Waals surface area contributed by atoms with Gasteiger partial charge in [-0.2, -0.15) is 5.10 Å². The van der Waals surface area contributed by atoms with Gasteiger partial charge in [-0.15, -0.1) is 5.10 Å². The Balaban J connectivity index is 1.49. The Bertz CT molecular complexity index is 868. The van der Waals surface area contributed by atoms with E-state index in [9.17, 15) is 9.59 Å². The molecule has 6 nitrogen and oxygen atoms in total. The molecule has 0 bridgehead atoms. The fourth-order valence-corrected chi connectivity index (χ4v) is 4.03. The van der Waals surface area contributed by atoms with Gasteiger partial charge in [0.1, 0.15) is 0 Å². The molecule has 1 aromatic heterocycles. The lowest BCUT2D eigenvalue weighted by Crippen LogP contribution is -2.16. The molecule has 2 aliphatic rings. The van der Waals surface area contributed by atoms with E-state index in [0.29, 0.717) is 17.1 Å². The van der Waals surface area contributed by atoms with E-state index in [-0.39, 0.29) is 16.9 Å². The maximum absolute atomic E-state index is 12.7. The number of thioether (sulfide) groups is 1. The van der Waals surface area contributed by atoms with Crippen molar-refractivity contribution in [1.82, 2.24) is 15.2 Å². The standard InChI is InChI=1S/C18H18N4O2S/c1-10(25-18-20-14-4-2-3-5-15(14)21-22-18)17(24)11-6-7-13-12(8-11)9-16(23)19-13/h6-8,10H,2-5,9H2,1H3,(H,19,23). The Kier molecular flexibility index (Phi) is 4.25. The molecule has 4 rings (SSSR count). The Hall–Kier alpha value is -2.28. The van der Waals surface area contributed by atoms with E-state index in [1.807, 2.05) is 6.92 Å². The number of rotatable bonds is 4. The van der Waals surface area contributed by atoms with E-state index >= 15 is 0 Å². The van der Waals surface area contributed by atoms with Crippen LogP contribution in [-0.2, 0) is 24.1 Å². The van der Waals surface area contributed by atoms with Crippen molar-refractivity contribution in [2.45, 2.75) is 49.4 Å². The van der Waals surface area contributed by atoms with Crippen molar-refractivity contribution >= 4 is 29.1 Å². The Morgan fingerprint density at radius 3 is 2.84 bits per heavy atom. The summed E-state index contributed by atoms with van der Waals surface area (Å²) in [7, 11) is 0. The number of anilines is 1. The van der Waals surface area contributed by atoms with Crippen LogP contribution in [0.2, 0.25) is 0 Å². The number of nitrogens with zero attached hydrogens (tertiary/aromatic N) is 3. The molecule has 1 unspecified atom stereocenters. The summed E-state index contributed by atoms with van der Waals surface area (Å²) in [6, 6.07) is 5.36. The van der Waals surface area contributed by atoms with E-state index in [4.69, 9.17) is 0 Å². The van der Waals surface area contributed by atoms with Gasteiger partial charge in [-0.1, -0.05) is 11.8 Å². The first-order valence-electron chi connectivity index (χ1n) is 8.46. The van der Waals surface area contributed by atoms with E-state index < -0.39 is 0 Å². The molecule has 1 N–H and O–H groups in total. The molecule has 0 saturated heterocycles. The van der Waals surface area contributed by atoms with Crippen LogP contribution in [0.5, 0.6) is 0 Å². The number of Topliss-reactive ketones (excluding diaryl/α,β-unsaturated/α-hetero) is 1. The normalized spacial score (nSPS) is 16.8. The van der Waals surface area contributed by atoms with Crippen LogP contribution < -0.4 is 5.32 Å². The SMILES string of the molecule is CC(Sc1nnc2c(n1)CCCC2)C(=O)c1ccc2c(c1)CC(=O)N2. The minimum absolute atomic E-state index is 0.00784. The maximum atomic E-state index is 12.7. The van der Waals surface area contributed by atoms with Gasteiger partial charge in [0.2, 0.25) is 11.1 Å². The molecule has 0 radical (unpaired) electrons. The summed E-state index contributed by atoms with van der Waals surface area (Å²) in [6.45, 7) is 1.85. The molecule has 1 amide bonds. The molecule has 7 heteroatoms. The average molecular weight is 354 g/mol. The van der Waals surface area contributed by atoms with Crippen molar-refractivity contribution in [3.8, 4) is 0 Å². The van der Waals surface area contributed by atoms with Crippen molar-refractivity contribution in [1.29, 1.82) is 0 Å². The summed E-state index contributed by atoms with van der Waals surface area (Å²) in [5.41, 5.74) is 4.29. The Morgan fingerprint density at radius 1 is 1.20 bits per heavy atom. The van der Waals surface area contributed by atoms with Crippen molar-refractivity contribution in [3.05, 3.63) is 40.7 Å². The molecule has 0 fully saturated rings. The highest BCUT2D eigenvalue weighted by Gasteiger charge is 2.23. The molecular weight excluding hydrogens is 336 g/mol. The number of fused-ring (bicyclic) bond motifs is 2. The van der Waals surface area contributed by atoms with Crippen molar-refractivity contribution in [3.63, 3.8) is 0 Å². The molecule has 2 heterocycles. The molecule has 2 aromatic rings. The van der Waals surface area contributed by atoms with E-state index in [0.717, 1.165) is 48.3 Å². The minimum atomic E-state index is -0.313. The van der Waals surface area contributed by atoms with Gasteiger partial charge in [-0.3, -0.25) is 9.59 Å². The van der Waals surface area contributed by atoms with Crippen LogP contribution in [0, 0.1) is 0 Å². The molecule has 1 aliphatic heterocycles. The van der Waals surface area contributed by atoms with E-state index in [1.165, 1.54) is 11.8 Å². The molecule has 0 saturated carbocycles. The van der Waals surface area contributed by atoms with Crippen LogP contribution >= 0.6 is 11.8 Å². The smallest absolute Gasteiger partial charge is 0.228 e. The molecular formula is C18H18N4O2S. The number of nitrogens with one attached hydrogen (secondary N) is 1. The monoisotopic (exact) mass is 354 g/mol. The molecule has 1 aliphatic carbocycles. The van der Waals surface area contributed by atoms with Gasteiger partial charge in [0.05, 0.1) is 23.1 Å². The third-order valence-electron chi connectivity index (χ3n) is 4.56. The van der Waals surface area contributed by atoms with E-state index in [2.05, 4.69) is 20.5 Å². The van der Waals surface area contributed by atoms with Crippen molar-refractivity contribution in [2.24, 2.45) is 0 Å². The second-order valence-corrected chi connectivity index (χ2v) is 7.72. The summed E-state index contributed by atoms with van der Waals surface area (Å²) in [4.78, 5) is 28.7. The van der Waals surface area contributed by atoms with E-state index in [1.54, 1.807) is 18.2 Å². The van der Waals surface area contributed by atoms with Crippen LogP contribution in [0.25, 0.3) is 0 Å². The molecule has 128 valence electrons. The summed E-state index contributed by atoms with van der Waals surface area (Å²) in [6.07, 6.45) is 4.48. The highest BCUT2D eigenvalue weighted by Crippen LogP contribution is 2.28. The number of aryl methyl sites for hydroxylation is 2. The lowest BCUT2D eigenvalue weighted by Gasteiger charge is -2.14. The summed E-state index contributed by atoms with van der Waals surface area (Å²) >= 11 is 1.34. The van der Waals surface area contributed by atoms with Gasteiger partial charge in [-0.05, 0) is 56.4 Å². The number of amides is 1.